The topological polar surface area (TPSA) is 115 Å². The maximum Gasteiger partial charge on any atom is 0.411 e. The molecule has 0 radical (unpaired) electrons. The Kier molecular flexibility index (Phi) is 8.49. The number of benzene rings is 2. The van der Waals surface area contributed by atoms with Crippen LogP contribution in [0.5, 0.6) is 11.5 Å². The monoisotopic (exact) mass is 415 g/mol. The quantitative estimate of drug-likeness (QED) is 0.571. The van der Waals surface area contributed by atoms with Gasteiger partial charge >= 0.3 is 6.09 Å². The van der Waals surface area contributed by atoms with Crippen molar-refractivity contribution in [2.24, 2.45) is 0 Å². The van der Waals surface area contributed by atoms with Crippen molar-refractivity contribution in [2.75, 3.05) is 18.5 Å². The van der Waals surface area contributed by atoms with E-state index in [0.717, 1.165) is 0 Å². The summed E-state index contributed by atoms with van der Waals surface area (Å²) in [5.41, 5.74) is 5.41. The van der Waals surface area contributed by atoms with Crippen molar-refractivity contribution in [3.8, 4) is 11.5 Å². The van der Waals surface area contributed by atoms with Crippen molar-refractivity contribution >= 4 is 23.6 Å². The predicted molar refractivity (Wildman–Crippen MR) is 110 cm³/mol. The van der Waals surface area contributed by atoms with Crippen molar-refractivity contribution in [3.63, 3.8) is 0 Å². The molecule has 9 nitrogen and oxygen atoms in total. The van der Waals surface area contributed by atoms with E-state index in [9.17, 15) is 14.4 Å². The molecule has 0 heterocycles. The Morgan fingerprint density at radius 1 is 0.867 bits per heavy atom. The van der Waals surface area contributed by atoms with E-state index in [4.69, 9.17) is 14.2 Å². The minimum atomic E-state index is -0.834. The Bertz CT molecular complexity index is 852. The molecule has 0 unspecified atom stereocenters. The molecule has 30 heavy (non-hydrogen) atoms. The van der Waals surface area contributed by atoms with Gasteiger partial charge in [0, 0.05) is 11.3 Å². The number of hydrogen-bond acceptors (Lipinski definition) is 6. The first-order valence-electron chi connectivity index (χ1n) is 9.46. The molecule has 0 aliphatic carbocycles. The maximum absolute atomic E-state index is 12.2. The molecule has 3 amide bonds. The summed E-state index contributed by atoms with van der Waals surface area (Å²) in [7, 11) is 0. The van der Waals surface area contributed by atoms with Gasteiger partial charge in [0.15, 0.2) is 6.10 Å². The average molecular weight is 415 g/mol. The third-order valence-corrected chi connectivity index (χ3v) is 3.78. The van der Waals surface area contributed by atoms with Crippen LogP contribution < -0.4 is 25.6 Å². The third-order valence-electron chi connectivity index (χ3n) is 3.78. The Hall–Kier alpha value is -3.75. The van der Waals surface area contributed by atoms with Gasteiger partial charge in [0.2, 0.25) is 0 Å². The van der Waals surface area contributed by atoms with Gasteiger partial charge in [-0.1, -0.05) is 0 Å². The average Bonchev–Trinajstić information content (AvgIpc) is 2.74. The van der Waals surface area contributed by atoms with Gasteiger partial charge in [-0.2, -0.15) is 0 Å². The third kappa shape index (κ3) is 7.01. The number of hydrazine groups is 1. The summed E-state index contributed by atoms with van der Waals surface area (Å²) in [6.07, 6.45) is -1.41. The Balaban J connectivity index is 1.81. The lowest BCUT2D eigenvalue weighted by atomic mass is 10.2. The molecule has 2 aromatic carbocycles. The number of ether oxygens (including phenoxy) is 3. The van der Waals surface area contributed by atoms with Crippen LogP contribution in [-0.4, -0.2) is 37.2 Å². The zero-order valence-electron chi connectivity index (χ0n) is 17.1. The lowest BCUT2D eigenvalue weighted by Gasteiger charge is -2.15. The molecular formula is C21H25N3O6. The van der Waals surface area contributed by atoms with E-state index in [2.05, 4.69) is 16.2 Å². The molecule has 0 aliphatic rings. The molecule has 3 N–H and O–H groups in total. The molecule has 0 saturated heterocycles. The van der Waals surface area contributed by atoms with Gasteiger partial charge in [0.05, 0.1) is 13.2 Å². The Morgan fingerprint density at radius 2 is 1.50 bits per heavy atom. The summed E-state index contributed by atoms with van der Waals surface area (Å²) in [5.74, 6) is 0.173. The first-order chi connectivity index (χ1) is 14.4. The van der Waals surface area contributed by atoms with Crippen LogP contribution in [0.15, 0.2) is 48.5 Å². The van der Waals surface area contributed by atoms with Crippen molar-refractivity contribution in [1.82, 2.24) is 10.9 Å². The van der Waals surface area contributed by atoms with Gasteiger partial charge in [0.1, 0.15) is 11.5 Å². The summed E-state index contributed by atoms with van der Waals surface area (Å²) in [6, 6.07) is 13.0. The normalized spacial score (nSPS) is 11.0. The molecule has 1 atom stereocenters. The van der Waals surface area contributed by atoms with Crippen LogP contribution in [0, 0.1) is 0 Å². The van der Waals surface area contributed by atoms with Crippen LogP contribution in [0.4, 0.5) is 10.5 Å². The maximum atomic E-state index is 12.2. The van der Waals surface area contributed by atoms with Gasteiger partial charge in [0.25, 0.3) is 11.8 Å². The molecule has 0 aliphatic heterocycles. The first-order valence-corrected chi connectivity index (χ1v) is 9.46. The predicted octanol–water partition coefficient (Wildman–Crippen LogP) is 2.88. The van der Waals surface area contributed by atoms with E-state index in [1.54, 1.807) is 50.2 Å². The fraction of sp³-hybridized carbons (Fsp3) is 0.286. The smallest absolute Gasteiger partial charge is 0.411 e. The number of rotatable bonds is 8. The zero-order chi connectivity index (χ0) is 21.9. The number of carbonyl (C=O) groups excluding carboxylic acids is 3. The Labute approximate surface area is 174 Å². The largest absolute Gasteiger partial charge is 0.494 e. The van der Waals surface area contributed by atoms with Gasteiger partial charge in [-0.25, -0.2) is 4.79 Å². The molecular weight excluding hydrogens is 390 g/mol. The molecule has 160 valence electrons. The molecule has 2 aromatic rings. The van der Waals surface area contributed by atoms with Crippen LogP contribution >= 0.6 is 0 Å². The second-order valence-corrected chi connectivity index (χ2v) is 6.03. The van der Waals surface area contributed by atoms with E-state index >= 15 is 0 Å². The highest BCUT2D eigenvalue weighted by molar-refractivity contribution is 5.96. The van der Waals surface area contributed by atoms with E-state index in [0.29, 0.717) is 29.4 Å². The summed E-state index contributed by atoms with van der Waals surface area (Å²) in [6.45, 7) is 5.97. The first kappa shape index (κ1) is 22.5. The van der Waals surface area contributed by atoms with Gasteiger partial charge in [-0.15, -0.1) is 0 Å². The van der Waals surface area contributed by atoms with Crippen LogP contribution in [0.1, 0.15) is 31.1 Å². The second kappa shape index (κ2) is 11.3. The van der Waals surface area contributed by atoms with Crippen molar-refractivity contribution in [1.29, 1.82) is 0 Å². The standard InChI is InChI=1S/C21H25N3O6/c1-4-28-17-10-12-18(13-11-17)30-14(3)19(25)23-24-20(26)15-6-8-16(9-7-15)22-21(27)29-5-2/h6-14H,4-5H2,1-3H3,(H,22,27)(H,23,25)(H,24,26)/t14-/m1/s1. The summed E-state index contributed by atoms with van der Waals surface area (Å²) in [5, 5.41) is 2.52. The van der Waals surface area contributed by atoms with Crippen LogP contribution in [-0.2, 0) is 9.53 Å². The van der Waals surface area contributed by atoms with E-state index < -0.39 is 24.0 Å². The van der Waals surface area contributed by atoms with Gasteiger partial charge in [-0.05, 0) is 69.3 Å². The van der Waals surface area contributed by atoms with E-state index in [-0.39, 0.29) is 6.61 Å². The summed E-state index contributed by atoms with van der Waals surface area (Å²) >= 11 is 0. The molecule has 0 aromatic heterocycles. The number of hydrogen-bond donors (Lipinski definition) is 3. The molecule has 0 spiro atoms. The highest BCUT2D eigenvalue weighted by atomic mass is 16.5. The van der Waals surface area contributed by atoms with E-state index in [1.165, 1.54) is 12.1 Å². The second-order valence-electron chi connectivity index (χ2n) is 6.03. The number of nitrogens with one attached hydrogen (secondary N) is 3. The highest BCUT2D eigenvalue weighted by Crippen LogP contribution is 2.18. The highest BCUT2D eigenvalue weighted by Gasteiger charge is 2.16. The number of anilines is 1. The molecule has 2 rings (SSSR count). The lowest BCUT2D eigenvalue weighted by molar-refractivity contribution is -0.128. The van der Waals surface area contributed by atoms with E-state index in [1.807, 2.05) is 6.92 Å². The van der Waals surface area contributed by atoms with Gasteiger partial charge < -0.3 is 14.2 Å². The minimum Gasteiger partial charge on any atom is -0.494 e. The minimum absolute atomic E-state index is 0.257. The Morgan fingerprint density at radius 3 is 2.10 bits per heavy atom. The molecule has 0 fully saturated rings. The molecule has 0 saturated carbocycles. The summed E-state index contributed by atoms with van der Waals surface area (Å²) < 4.78 is 15.7. The van der Waals surface area contributed by atoms with Crippen LogP contribution in [0.25, 0.3) is 0 Å². The van der Waals surface area contributed by atoms with Crippen LogP contribution in [0.2, 0.25) is 0 Å². The zero-order valence-corrected chi connectivity index (χ0v) is 17.1. The van der Waals surface area contributed by atoms with Crippen molar-refractivity contribution < 1.29 is 28.6 Å². The van der Waals surface area contributed by atoms with Crippen LogP contribution in [0.3, 0.4) is 0 Å². The fourth-order valence-electron chi connectivity index (χ4n) is 2.32. The lowest BCUT2D eigenvalue weighted by Crippen LogP contribution is -2.47. The number of amides is 3. The fourth-order valence-corrected chi connectivity index (χ4v) is 2.32. The van der Waals surface area contributed by atoms with Crippen molar-refractivity contribution in [3.05, 3.63) is 54.1 Å². The SMILES string of the molecule is CCOC(=O)Nc1ccc(C(=O)NNC(=O)[C@@H](C)Oc2ccc(OCC)cc2)cc1. The molecule has 9 heteroatoms. The summed E-state index contributed by atoms with van der Waals surface area (Å²) in [4.78, 5) is 35.7. The number of carbonyl (C=O) groups is 3. The van der Waals surface area contributed by atoms with Crippen molar-refractivity contribution in [2.45, 2.75) is 26.9 Å². The molecule has 0 bridgehead atoms. The van der Waals surface area contributed by atoms with Gasteiger partial charge in [-0.3, -0.25) is 25.8 Å².